The van der Waals surface area contributed by atoms with Crippen LogP contribution in [0.3, 0.4) is 0 Å². The highest BCUT2D eigenvalue weighted by molar-refractivity contribution is 7.99. The highest BCUT2D eigenvalue weighted by atomic mass is 32.2. The third-order valence-corrected chi connectivity index (χ3v) is 4.81. The van der Waals surface area contributed by atoms with Crippen molar-refractivity contribution in [3.63, 3.8) is 0 Å². The molecular weight excluding hydrogens is 319 g/mol. The molecule has 0 saturated heterocycles. The normalized spacial score (nSPS) is 16.5. The van der Waals surface area contributed by atoms with Crippen molar-refractivity contribution in [3.8, 4) is 0 Å². The van der Waals surface area contributed by atoms with E-state index in [-0.39, 0.29) is 23.1 Å². The predicted molar refractivity (Wildman–Crippen MR) is 85.0 cm³/mol. The van der Waals surface area contributed by atoms with Gasteiger partial charge in [0, 0.05) is 28.3 Å². The van der Waals surface area contributed by atoms with Crippen molar-refractivity contribution in [1.29, 1.82) is 0 Å². The molecule has 0 bridgehead atoms. The van der Waals surface area contributed by atoms with Crippen LogP contribution in [0.4, 0.5) is 10.1 Å². The van der Waals surface area contributed by atoms with Gasteiger partial charge >= 0.3 is 0 Å². The summed E-state index contributed by atoms with van der Waals surface area (Å²) in [6, 6.07) is 10.1. The van der Waals surface area contributed by atoms with Gasteiger partial charge in [0.25, 0.3) is 11.6 Å². The first kappa shape index (κ1) is 15.5. The Bertz CT molecular complexity index is 782. The first-order chi connectivity index (χ1) is 11.1. The van der Waals surface area contributed by atoms with Crippen LogP contribution in [0.2, 0.25) is 0 Å². The predicted octanol–water partition coefficient (Wildman–Crippen LogP) is 3.70. The molecule has 1 heterocycles. The highest BCUT2D eigenvalue weighted by Gasteiger charge is 2.25. The van der Waals surface area contributed by atoms with Gasteiger partial charge < -0.3 is 5.32 Å². The molecule has 0 radical (unpaired) electrons. The zero-order chi connectivity index (χ0) is 16.4. The molecule has 0 spiro atoms. The Balaban J connectivity index is 1.83. The minimum absolute atomic E-state index is 0.136. The first-order valence-electron chi connectivity index (χ1n) is 7.03. The number of nitro groups is 1. The molecule has 0 aromatic heterocycles. The molecule has 0 fully saturated rings. The molecule has 1 atom stereocenters. The standard InChI is InChI=1S/C16H13FN2O3S/c17-13-6-2-5-12-14(7-8-23-15(12)13)18-16(20)10-3-1-4-11(9-10)19(21)22/h1-6,9,14H,7-8H2,(H,18,20). The molecule has 1 aliphatic heterocycles. The molecule has 1 amide bonds. The van der Waals surface area contributed by atoms with E-state index in [0.29, 0.717) is 17.1 Å². The van der Waals surface area contributed by atoms with E-state index >= 15 is 0 Å². The van der Waals surface area contributed by atoms with Crippen LogP contribution in [0.25, 0.3) is 0 Å². The number of carbonyl (C=O) groups excluding carboxylic acids is 1. The first-order valence-corrected chi connectivity index (χ1v) is 8.01. The zero-order valence-electron chi connectivity index (χ0n) is 12.0. The number of benzene rings is 2. The number of rotatable bonds is 3. The summed E-state index contributed by atoms with van der Waals surface area (Å²) in [5.74, 6) is 0.0102. The summed E-state index contributed by atoms with van der Waals surface area (Å²) in [5.41, 5.74) is 0.832. The quantitative estimate of drug-likeness (QED) is 0.687. The second-order valence-electron chi connectivity index (χ2n) is 5.13. The Kier molecular flexibility index (Phi) is 4.29. The number of non-ortho nitro benzene ring substituents is 1. The van der Waals surface area contributed by atoms with Crippen molar-refractivity contribution >= 4 is 23.4 Å². The Morgan fingerprint density at radius 1 is 1.30 bits per heavy atom. The maximum Gasteiger partial charge on any atom is 0.270 e. The van der Waals surface area contributed by atoms with Gasteiger partial charge in [-0.05, 0) is 24.1 Å². The zero-order valence-corrected chi connectivity index (χ0v) is 12.8. The van der Waals surface area contributed by atoms with E-state index in [2.05, 4.69) is 5.32 Å². The smallest absolute Gasteiger partial charge is 0.270 e. The molecule has 0 saturated carbocycles. The number of amides is 1. The van der Waals surface area contributed by atoms with Gasteiger partial charge in [0.15, 0.2) is 0 Å². The van der Waals surface area contributed by atoms with Crippen LogP contribution < -0.4 is 5.32 Å². The number of nitrogens with one attached hydrogen (secondary N) is 1. The minimum Gasteiger partial charge on any atom is -0.345 e. The molecule has 23 heavy (non-hydrogen) atoms. The molecule has 7 heteroatoms. The molecule has 1 unspecified atom stereocenters. The highest BCUT2D eigenvalue weighted by Crippen LogP contribution is 2.37. The number of hydrogen-bond acceptors (Lipinski definition) is 4. The second kappa shape index (κ2) is 6.37. The summed E-state index contributed by atoms with van der Waals surface area (Å²) in [5, 5.41) is 13.6. The lowest BCUT2D eigenvalue weighted by Gasteiger charge is -2.26. The molecular formula is C16H13FN2O3S. The van der Waals surface area contributed by atoms with Crippen molar-refractivity contribution in [1.82, 2.24) is 5.32 Å². The Hall–Kier alpha value is -2.41. The summed E-state index contributed by atoms with van der Waals surface area (Å²) < 4.78 is 13.8. The van der Waals surface area contributed by atoms with Crippen molar-refractivity contribution in [2.75, 3.05) is 5.75 Å². The number of thioether (sulfide) groups is 1. The molecule has 2 aromatic carbocycles. The van der Waals surface area contributed by atoms with Crippen LogP contribution in [-0.4, -0.2) is 16.6 Å². The van der Waals surface area contributed by atoms with E-state index in [1.54, 1.807) is 12.1 Å². The van der Waals surface area contributed by atoms with Gasteiger partial charge in [-0.1, -0.05) is 18.2 Å². The third-order valence-electron chi connectivity index (χ3n) is 3.65. The molecule has 118 valence electrons. The van der Waals surface area contributed by atoms with E-state index in [1.165, 1.54) is 42.1 Å². The van der Waals surface area contributed by atoms with E-state index in [4.69, 9.17) is 0 Å². The van der Waals surface area contributed by atoms with Crippen LogP contribution in [-0.2, 0) is 0 Å². The van der Waals surface area contributed by atoms with Crippen LogP contribution in [0.1, 0.15) is 28.4 Å². The maximum atomic E-state index is 13.8. The van der Waals surface area contributed by atoms with Gasteiger partial charge in [0.1, 0.15) is 5.82 Å². The third kappa shape index (κ3) is 3.19. The number of fused-ring (bicyclic) bond motifs is 1. The van der Waals surface area contributed by atoms with Crippen LogP contribution in [0.15, 0.2) is 47.4 Å². The van der Waals surface area contributed by atoms with E-state index < -0.39 is 10.8 Å². The largest absolute Gasteiger partial charge is 0.345 e. The van der Waals surface area contributed by atoms with Gasteiger partial charge in [0.05, 0.1) is 11.0 Å². The van der Waals surface area contributed by atoms with Crippen molar-refractivity contribution in [3.05, 3.63) is 69.5 Å². The van der Waals surface area contributed by atoms with Crippen molar-refractivity contribution in [2.24, 2.45) is 0 Å². The van der Waals surface area contributed by atoms with Crippen LogP contribution in [0, 0.1) is 15.9 Å². The molecule has 1 aliphatic rings. The van der Waals surface area contributed by atoms with E-state index in [9.17, 15) is 19.3 Å². The molecule has 0 aliphatic carbocycles. The number of nitro benzene ring substituents is 1. The summed E-state index contributed by atoms with van der Waals surface area (Å²) in [6.07, 6.45) is 0.682. The fraction of sp³-hybridized carbons (Fsp3) is 0.188. The van der Waals surface area contributed by atoms with Gasteiger partial charge in [-0.15, -0.1) is 11.8 Å². The molecule has 1 N–H and O–H groups in total. The minimum atomic E-state index is -0.543. The molecule has 5 nitrogen and oxygen atoms in total. The summed E-state index contributed by atoms with van der Waals surface area (Å²) in [6.45, 7) is 0. The van der Waals surface area contributed by atoms with Gasteiger partial charge in [-0.2, -0.15) is 0 Å². The fourth-order valence-corrected chi connectivity index (χ4v) is 3.68. The Labute approximate surface area is 136 Å². The van der Waals surface area contributed by atoms with Gasteiger partial charge in [0.2, 0.25) is 0 Å². The van der Waals surface area contributed by atoms with Crippen LogP contribution >= 0.6 is 11.8 Å². The monoisotopic (exact) mass is 332 g/mol. The fourth-order valence-electron chi connectivity index (χ4n) is 2.54. The average Bonchev–Trinajstić information content (AvgIpc) is 2.56. The number of hydrogen-bond donors (Lipinski definition) is 1. The molecule has 3 rings (SSSR count). The Morgan fingerprint density at radius 3 is 2.87 bits per heavy atom. The molecule has 2 aromatic rings. The average molecular weight is 332 g/mol. The summed E-state index contributed by atoms with van der Waals surface area (Å²) in [4.78, 5) is 23.2. The lowest BCUT2D eigenvalue weighted by Crippen LogP contribution is -2.30. The SMILES string of the molecule is O=C(NC1CCSc2c(F)cccc21)c1cccc([N+](=O)[O-])c1. The summed E-state index contributed by atoms with van der Waals surface area (Å²) in [7, 11) is 0. The summed E-state index contributed by atoms with van der Waals surface area (Å²) >= 11 is 1.43. The van der Waals surface area contributed by atoms with Crippen LogP contribution in [0.5, 0.6) is 0 Å². The van der Waals surface area contributed by atoms with Crippen molar-refractivity contribution in [2.45, 2.75) is 17.4 Å². The topological polar surface area (TPSA) is 72.2 Å². The lowest BCUT2D eigenvalue weighted by atomic mass is 10.0. The number of halogens is 1. The van der Waals surface area contributed by atoms with Crippen molar-refractivity contribution < 1.29 is 14.1 Å². The van der Waals surface area contributed by atoms with Gasteiger partial charge in [-0.25, -0.2) is 4.39 Å². The van der Waals surface area contributed by atoms with Gasteiger partial charge in [-0.3, -0.25) is 14.9 Å². The van der Waals surface area contributed by atoms with E-state index in [1.807, 2.05) is 0 Å². The second-order valence-corrected chi connectivity index (χ2v) is 6.23. The van der Waals surface area contributed by atoms with E-state index in [0.717, 1.165) is 5.56 Å². The number of nitrogens with zero attached hydrogens (tertiary/aromatic N) is 1. The lowest BCUT2D eigenvalue weighted by molar-refractivity contribution is -0.384. The Morgan fingerprint density at radius 2 is 2.09 bits per heavy atom. The number of carbonyl (C=O) groups is 1. The maximum absolute atomic E-state index is 13.8.